The number of allylic oxidation sites excluding steroid dienone is 3. The number of carbonyl (C=O) groups is 3. The van der Waals surface area contributed by atoms with Crippen molar-refractivity contribution < 1.29 is 28.3 Å². The Bertz CT molecular complexity index is 1120. The van der Waals surface area contributed by atoms with Crippen LogP contribution in [0, 0.1) is 5.92 Å². The third kappa shape index (κ3) is 4.08. The second-order valence-electron chi connectivity index (χ2n) is 7.92. The van der Waals surface area contributed by atoms with E-state index < -0.39 is 35.5 Å². The average molecular weight is 450 g/mol. The van der Waals surface area contributed by atoms with E-state index in [2.05, 4.69) is 10.3 Å². The molecule has 0 spiro atoms. The Morgan fingerprint density at radius 1 is 1.18 bits per heavy atom. The first-order valence-corrected chi connectivity index (χ1v) is 11.0. The topological polar surface area (TPSA) is 108 Å². The summed E-state index contributed by atoms with van der Waals surface area (Å²) in [5, 5.41) is 3.24. The fraction of sp³-hybridized carbons (Fsp3) is 0.360. The van der Waals surface area contributed by atoms with Crippen molar-refractivity contribution >= 4 is 17.7 Å². The van der Waals surface area contributed by atoms with Gasteiger partial charge < -0.3 is 19.2 Å². The molecule has 0 fully saturated rings. The standard InChI is InChI=1S/C25H26N2O6/c1-4-31-24(29)19-14(3)27-17-12-16(18-9-7-11-33-18)21(25(30)32-5-2)23(28)22(17)20(19)15-8-6-10-26-13-15/h6-11,13,16,20-21,27H,4-5,12H2,1-3H3/t16-,20-,21+/m0/s1. The van der Waals surface area contributed by atoms with Gasteiger partial charge in [0.15, 0.2) is 5.78 Å². The maximum Gasteiger partial charge on any atom is 0.336 e. The van der Waals surface area contributed by atoms with Crippen LogP contribution in [-0.4, -0.2) is 35.9 Å². The van der Waals surface area contributed by atoms with Crippen LogP contribution >= 0.6 is 0 Å². The number of furan rings is 1. The van der Waals surface area contributed by atoms with Gasteiger partial charge >= 0.3 is 11.9 Å². The van der Waals surface area contributed by atoms with Crippen molar-refractivity contribution in [2.24, 2.45) is 5.92 Å². The molecule has 172 valence electrons. The van der Waals surface area contributed by atoms with Gasteiger partial charge in [0.2, 0.25) is 0 Å². The number of ketones is 1. The zero-order chi connectivity index (χ0) is 23.5. The maximum absolute atomic E-state index is 14.0. The molecule has 2 aliphatic rings. The largest absolute Gasteiger partial charge is 0.469 e. The van der Waals surface area contributed by atoms with Crippen LogP contribution < -0.4 is 5.32 Å². The van der Waals surface area contributed by atoms with Crippen LogP contribution in [0.1, 0.15) is 50.4 Å². The van der Waals surface area contributed by atoms with Crippen molar-refractivity contribution in [3.05, 3.63) is 76.8 Å². The molecule has 0 unspecified atom stereocenters. The first-order valence-electron chi connectivity index (χ1n) is 11.0. The Hall–Kier alpha value is -3.68. The SMILES string of the molecule is CCOC(=O)C1=C(C)NC2=C(C(=O)[C@H](C(=O)OCC)[C@H](c3ccco3)C2)[C@H]1c1cccnc1. The summed E-state index contributed by atoms with van der Waals surface area (Å²) >= 11 is 0. The molecular weight excluding hydrogens is 424 g/mol. The number of carbonyl (C=O) groups excluding carboxylic acids is 3. The number of hydrogen-bond donors (Lipinski definition) is 1. The number of esters is 2. The number of hydrogen-bond acceptors (Lipinski definition) is 8. The molecule has 0 aromatic carbocycles. The van der Waals surface area contributed by atoms with Crippen LogP contribution in [0.4, 0.5) is 0 Å². The second-order valence-corrected chi connectivity index (χ2v) is 7.92. The lowest BCUT2D eigenvalue weighted by Crippen LogP contribution is -2.43. The molecule has 1 N–H and O–H groups in total. The number of nitrogens with one attached hydrogen (secondary N) is 1. The fourth-order valence-electron chi connectivity index (χ4n) is 4.67. The van der Waals surface area contributed by atoms with Gasteiger partial charge in [-0.15, -0.1) is 0 Å². The van der Waals surface area contributed by atoms with Gasteiger partial charge in [0.25, 0.3) is 0 Å². The van der Waals surface area contributed by atoms with E-state index in [1.165, 1.54) is 6.26 Å². The summed E-state index contributed by atoms with van der Waals surface area (Å²) < 4.78 is 16.2. The predicted octanol–water partition coefficient (Wildman–Crippen LogP) is 3.39. The van der Waals surface area contributed by atoms with E-state index >= 15 is 0 Å². The maximum atomic E-state index is 14.0. The van der Waals surface area contributed by atoms with Crippen molar-refractivity contribution in [3.8, 4) is 0 Å². The Morgan fingerprint density at radius 3 is 2.61 bits per heavy atom. The molecule has 8 nitrogen and oxygen atoms in total. The molecule has 3 heterocycles. The van der Waals surface area contributed by atoms with E-state index in [-0.39, 0.29) is 13.2 Å². The average Bonchev–Trinajstić information content (AvgIpc) is 3.33. The van der Waals surface area contributed by atoms with E-state index in [4.69, 9.17) is 13.9 Å². The number of rotatable bonds is 6. The van der Waals surface area contributed by atoms with Crippen molar-refractivity contribution in [1.82, 2.24) is 10.3 Å². The molecule has 0 radical (unpaired) electrons. The molecule has 2 aromatic rings. The summed E-state index contributed by atoms with van der Waals surface area (Å²) in [7, 11) is 0. The highest BCUT2D eigenvalue weighted by atomic mass is 16.5. The number of nitrogens with zero attached hydrogens (tertiary/aromatic N) is 1. The molecular formula is C25H26N2O6. The Balaban J connectivity index is 1.87. The minimum Gasteiger partial charge on any atom is -0.469 e. The molecule has 0 saturated carbocycles. The van der Waals surface area contributed by atoms with Crippen LogP contribution in [-0.2, 0) is 23.9 Å². The number of Topliss-reactive ketones (excluding diaryl/α,β-unsaturated/α-hetero) is 1. The van der Waals surface area contributed by atoms with Crippen LogP contribution in [0.3, 0.4) is 0 Å². The minimum absolute atomic E-state index is 0.150. The van der Waals surface area contributed by atoms with E-state index in [0.29, 0.717) is 40.3 Å². The highest BCUT2D eigenvalue weighted by Gasteiger charge is 2.49. The van der Waals surface area contributed by atoms with Crippen molar-refractivity contribution in [2.75, 3.05) is 13.2 Å². The summed E-state index contributed by atoms with van der Waals surface area (Å²) in [4.78, 5) is 44.1. The van der Waals surface area contributed by atoms with Crippen LogP contribution in [0.5, 0.6) is 0 Å². The first-order chi connectivity index (χ1) is 16.0. The zero-order valence-electron chi connectivity index (χ0n) is 18.8. The van der Waals surface area contributed by atoms with Gasteiger partial charge in [0.05, 0.1) is 25.1 Å². The third-order valence-corrected chi connectivity index (χ3v) is 5.98. The molecule has 8 heteroatoms. The van der Waals surface area contributed by atoms with Gasteiger partial charge in [-0.25, -0.2) is 4.79 Å². The molecule has 0 amide bonds. The predicted molar refractivity (Wildman–Crippen MR) is 118 cm³/mol. The van der Waals surface area contributed by atoms with Gasteiger partial charge in [0, 0.05) is 41.2 Å². The molecule has 0 bridgehead atoms. The number of dihydropyridines is 1. The van der Waals surface area contributed by atoms with E-state index in [9.17, 15) is 14.4 Å². The first kappa shape index (κ1) is 22.5. The van der Waals surface area contributed by atoms with Crippen molar-refractivity contribution in [2.45, 2.75) is 39.0 Å². The quantitative estimate of drug-likeness (QED) is 0.527. The van der Waals surface area contributed by atoms with Gasteiger partial charge in [-0.3, -0.25) is 14.6 Å². The number of ether oxygens (including phenoxy) is 2. The summed E-state index contributed by atoms with van der Waals surface area (Å²) in [6.07, 6.45) is 5.11. The van der Waals surface area contributed by atoms with Crippen molar-refractivity contribution in [3.63, 3.8) is 0 Å². The Kier molecular flexibility index (Phi) is 6.44. The molecule has 2 aromatic heterocycles. The van der Waals surface area contributed by atoms with Crippen molar-refractivity contribution in [1.29, 1.82) is 0 Å². The number of pyridine rings is 1. The monoisotopic (exact) mass is 450 g/mol. The second kappa shape index (κ2) is 9.44. The minimum atomic E-state index is -1.09. The molecule has 1 aliphatic carbocycles. The molecule has 0 saturated heterocycles. The normalized spacial score (nSPS) is 22.5. The van der Waals surface area contributed by atoms with Crippen LogP contribution in [0.2, 0.25) is 0 Å². The Labute approximate surface area is 191 Å². The highest BCUT2D eigenvalue weighted by molar-refractivity contribution is 6.13. The van der Waals surface area contributed by atoms with Crippen LogP contribution in [0.15, 0.2) is 69.9 Å². The lowest BCUT2D eigenvalue weighted by molar-refractivity contribution is -0.152. The Morgan fingerprint density at radius 2 is 1.97 bits per heavy atom. The molecule has 1 aliphatic heterocycles. The molecule has 33 heavy (non-hydrogen) atoms. The van der Waals surface area contributed by atoms with E-state index in [0.717, 1.165) is 0 Å². The summed E-state index contributed by atoms with van der Waals surface area (Å²) in [6, 6.07) is 7.04. The van der Waals surface area contributed by atoms with E-state index in [1.54, 1.807) is 51.4 Å². The summed E-state index contributed by atoms with van der Waals surface area (Å²) in [5.74, 6) is -3.31. The number of aromatic nitrogens is 1. The molecule has 4 rings (SSSR count). The lowest BCUT2D eigenvalue weighted by Gasteiger charge is -2.38. The summed E-state index contributed by atoms with van der Waals surface area (Å²) in [6.45, 7) is 5.55. The summed E-state index contributed by atoms with van der Waals surface area (Å²) in [5.41, 5.74) is 2.61. The fourth-order valence-corrected chi connectivity index (χ4v) is 4.67. The van der Waals surface area contributed by atoms with E-state index in [1.807, 2.05) is 6.07 Å². The third-order valence-electron chi connectivity index (χ3n) is 5.98. The lowest BCUT2D eigenvalue weighted by atomic mass is 9.68. The van der Waals surface area contributed by atoms with Gasteiger partial charge in [-0.05, 0) is 51.0 Å². The zero-order valence-corrected chi connectivity index (χ0v) is 18.8. The highest BCUT2D eigenvalue weighted by Crippen LogP contribution is 2.48. The van der Waals surface area contributed by atoms with Gasteiger partial charge in [-0.1, -0.05) is 6.07 Å². The van der Waals surface area contributed by atoms with Gasteiger partial charge in [-0.2, -0.15) is 0 Å². The molecule has 3 atom stereocenters. The van der Waals surface area contributed by atoms with Gasteiger partial charge in [0.1, 0.15) is 11.7 Å². The smallest absolute Gasteiger partial charge is 0.336 e. The van der Waals surface area contributed by atoms with Crippen LogP contribution in [0.25, 0.3) is 0 Å².